The quantitative estimate of drug-likeness (QED) is 0.461. The first-order valence-corrected chi connectivity index (χ1v) is 9.15. The summed E-state index contributed by atoms with van der Waals surface area (Å²) in [6.07, 6.45) is 0. The highest BCUT2D eigenvalue weighted by Gasteiger charge is 2.23. The van der Waals surface area contributed by atoms with Gasteiger partial charge in [-0.15, -0.1) is 0 Å². The Bertz CT molecular complexity index is 1130. The van der Waals surface area contributed by atoms with Crippen molar-refractivity contribution in [2.24, 2.45) is 0 Å². The minimum Gasteiger partial charge on any atom is -0.454 e. The Kier molecular flexibility index (Phi) is 4.79. The molecule has 150 valence electrons. The van der Waals surface area contributed by atoms with E-state index in [2.05, 4.69) is 5.16 Å². The number of fused-ring (bicyclic) bond motifs is 1. The molecular weight excluding hydrogens is 400 g/mol. The monoisotopic (exact) mass is 416 g/mol. The van der Waals surface area contributed by atoms with Gasteiger partial charge in [-0.05, 0) is 39.0 Å². The Hall–Kier alpha value is -3.26. The maximum Gasteiger partial charge on any atom is 0.338 e. The van der Waals surface area contributed by atoms with Crippen molar-refractivity contribution in [3.8, 4) is 17.3 Å². The van der Waals surface area contributed by atoms with E-state index in [4.69, 9.17) is 30.3 Å². The van der Waals surface area contributed by atoms with E-state index in [1.54, 1.807) is 26.0 Å². The molecule has 0 amide bonds. The lowest BCUT2D eigenvalue weighted by Crippen LogP contribution is -2.15. The Morgan fingerprint density at radius 3 is 2.69 bits per heavy atom. The first-order chi connectivity index (χ1) is 13.8. The number of hydrogen-bond donors (Lipinski definition) is 0. The molecule has 1 aliphatic heterocycles. The van der Waals surface area contributed by atoms with Crippen molar-refractivity contribution in [1.29, 1.82) is 0 Å². The van der Waals surface area contributed by atoms with Gasteiger partial charge >= 0.3 is 5.97 Å². The van der Waals surface area contributed by atoms with Crippen molar-refractivity contribution in [2.45, 2.75) is 20.8 Å². The SMILES string of the molecule is Cc1cc(-n2c(C)cc(C(=O)COC(=O)c3cc(Cl)c4c(c3)OCO4)c2C)no1. The highest BCUT2D eigenvalue weighted by molar-refractivity contribution is 6.32. The fraction of sp³-hybridized carbons (Fsp3) is 0.250. The molecule has 0 fully saturated rings. The highest BCUT2D eigenvalue weighted by atomic mass is 35.5. The summed E-state index contributed by atoms with van der Waals surface area (Å²) in [6, 6.07) is 6.39. The van der Waals surface area contributed by atoms with Crippen LogP contribution in [0.1, 0.15) is 37.9 Å². The van der Waals surface area contributed by atoms with Crippen LogP contribution >= 0.6 is 11.6 Å². The van der Waals surface area contributed by atoms with Crippen molar-refractivity contribution < 1.29 is 28.3 Å². The van der Waals surface area contributed by atoms with Gasteiger partial charge in [-0.25, -0.2) is 4.79 Å². The molecule has 0 aliphatic carbocycles. The van der Waals surface area contributed by atoms with E-state index in [1.165, 1.54) is 12.1 Å². The van der Waals surface area contributed by atoms with E-state index in [1.807, 2.05) is 11.5 Å². The summed E-state index contributed by atoms with van der Waals surface area (Å²) in [6.45, 7) is 5.07. The normalized spacial score (nSPS) is 12.3. The highest BCUT2D eigenvalue weighted by Crippen LogP contribution is 2.39. The third-order valence-corrected chi connectivity index (χ3v) is 4.85. The van der Waals surface area contributed by atoms with Crippen LogP contribution in [-0.4, -0.2) is 34.9 Å². The summed E-state index contributed by atoms with van der Waals surface area (Å²) >= 11 is 6.08. The van der Waals surface area contributed by atoms with E-state index < -0.39 is 12.6 Å². The first-order valence-electron chi connectivity index (χ1n) is 8.77. The van der Waals surface area contributed by atoms with E-state index in [0.717, 1.165) is 5.69 Å². The minimum absolute atomic E-state index is 0.0344. The number of aryl methyl sites for hydroxylation is 2. The summed E-state index contributed by atoms with van der Waals surface area (Å²) < 4.78 is 22.6. The van der Waals surface area contributed by atoms with E-state index >= 15 is 0 Å². The van der Waals surface area contributed by atoms with Crippen LogP contribution in [0.25, 0.3) is 5.82 Å². The number of nitrogens with zero attached hydrogens (tertiary/aromatic N) is 2. The van der Waals surface area contributed by atoms with Gasteiger partial charge in [-0.1, -0.05) is 16.8 Å². The van der Waals surface area contributed by atoms with Crippen molar-refractivity contribution >= 4 is 23.4 Å². The number of esters is 1. The van der Waals surface area contributed by atoms with Gasteiger partial charge in [0, 0.05) is 23.0 Å². The van der Waals surface area contributed by atoms with Crippen LogP contribution in [0.15, 0.2) is 28.8 Å². The summed E-state index contributed by atoms with van der Waals surface area (Å²) in [5, 5.41) is 4.23. The van der Waals surface area contributed by atoms with Crippen molar-refractivity contribution in [2.75, 3.05) is 13.4 Å². The van der Waals surface area contributed by atoms with Crippen LogP contribution < -0.4 is 9.47 Å². The maximum absolute atomic E-state index is 12.7. The van der Waals surface area contributed by atoms with Gasteiger partial charge in [0.1, 0.15) is 5.76 Å². The second-order valence-corrected chi connectivity index (χ2v) is 7.01. The zero-order valence-electron chi connectivity index (χ0n) is 15.9. The van der Waals surface area contributed by atoms with Crippen LogP contribution in [0.2, 0.25) is 5.02 Å². The molecule has 0 saturated carbocycles. The smallest absolute Gasteiger partial charge is 0.338 e. The van der Waals surface area contributed by atoms with Gasteiger partial charge in [0.25, 0.3) is 0 Å². The molecule has 2 aromatic heterocycles. The molecular formula is C20H17ClN2O6. The zero-order chi connectivity index (χ0) is 20.7. The number of halogens is 1. The van der Waals surface area contributed by atoms with Crippen molar-refractivity contribution in [3.05, 3.63) is 57.6 Å². The molecule has 0 radical (unpaired) electrons. The average molecular weight is 417 g/mol. The maximum atomic E-state index is 12.7. The summed E-state index contributed by atoms with van der Waals surface area (Å²) in [7, 11) is 0. The van der Waals surface area contributed by atoms with Gasteiger partial charge in [0.15, 0.2) is 23.9 Å². The number of hydrogen-bond acceptors (Lipinski definition) is 7. The van der Waals surface area contributed by atoms with Crippen LogP contribution in [-0.2, 0) is 4.74 Å². The van der Waals surface area contributed by atoms with Crippen LogP contribution in [0.3, 0.4) is 0 Å². The number of carbonyl (C=O) groups is 2. The van der Waals surface area contributed by atoms with Gasteiger partial charge in [-0.2, -0.15) is 0 Å². The number of aromatic nitrogens is 2. The standard InChI is InChI=1S/C20H17ClN2O6/c1-10-4-14(12(3)23(10)18-5-11(2)29-22-18)16(24)8-26-20(25)13-6-15(21)19-17(7-13)27-9-28-19/h4-7H,8-9H2,1-3H3. The van der Waals surface area contributed by atoms with Gasteiger partial charge < -0.3 is 18.7 Å². The molecule has 0 atom stereocenters. The number of benzene rings is 1. The Morgan fingerprint density at radius 1 is 1.17 bits per heavy atom. The zero-order valence-corrected chi connectivity index (χ0v) is 16.7. The third kappa shape index (κ3) is 3.47. The molecule has 3 heterocycles. The molecule has 4 rings (SSSR count). The molecule has 0 saturated heterocycles. The summed E-state index contributed by atoms with van der Waals surface area (Å²) in [5.74, 6) is 0.988. The molecule has 1 aromatic carbocycles. The second kappa shape index (κ2) is 7.29. The second-order valence-electron chi connectivity index (χ2n) is 6.61. The molecule has 0 N–H and O–H groups in total. The first kappa shape index (κ1) is 19.1. The van der Waals surface area contributed by atoms with Crippen LogP contribution in [0, 0.1) is 20.8 Å². The fourth-order valence-corrected chi connectivity index (χ4v) is 3.50. The third-order valence-electron chi connectivity index (χ3n) is 4.57. The van der Waals surface area contributed by atoms with Crippen LogP contribution in [0.4, 0.5) is 0 Å². The van der Waals surface area contributed by atoms with Crippen molar-refractivity contribution in [3.63, 3.8) is 0 Å². The number of rotatable bonds is 5. The molecule has 0 spiro atoms. The number of carbonyl (C=O) groups excluding carboxylic acids is 2. The molecule has 29 heavy (non-hydrogen) atoms. The average Bonchev–Trinajstić information content (AvgIpc) is 3.39. The van der Waals surface area contributed by atoms with Crippen molar-refractivity contribution in [1.82, 2.24) is 9.72 Å². The van der Waals surface area contributed by atoms with E-state index in [9.17, 15) is 9.59 Å². The Balaban J connectivity index is 1.49. The lowest BCUT2D eigenvalue weighted by Gasteiger charge is -2.07. The number of ether oxygens (including phenoxy) is 3. The summed E-state index contributed by atoms with van der Waals surface area (Å²) in [5.41, 5.74) is 2.12. The fourth-order valence-electron chi connectivity index (χ4n) is 3.23. The number of Topliss-reactive ketones (excluding diaryl/α,β-unsaturated/α-hetero) is 1. The minimum atomic E-state index is -0.681. The number of ketones is 1. The Labute approximate surface area is 170 Å². The summed E-state index contributed by atoms with van der Waals surface area (Å²) in [4.78, 5) is 25.0. The lowest BCUT2D eigenvalue weighted by atomic mass is 10.1. The van der Waals surface area contributed by atoms with E-state index in [0.29, 0.717) is 34.3 Å². The Morgan fingerprint density at radius 2 is 1.97 bits per heavy atom. The predicted octanol–water partition coefficient (Wildman–Crippen LogP) is 3.81. The molecule has 1 aliphatic rings. The largest absolute Gasteiger partial charge is 0.454 e. The lowest BCUT2D eigenvalue weighted by molar-refractivity contribution is 0.0474. The molecule has 9 heteroatoms. The van der Waals surface area contributed by atoms with Gasteiger partial charge in [0.2, 0.25) is 12.6 Å². The van der Waals surface area contributed by atoms with Crippen LogP contribution in [0.5, 0.6) is 11.5 Å². The topological polar surface area (TPSA) is 92.8 Å². The van der Waals surface area contributed by atoms with Gasteiger partial charge in [-0.3, -0.25) is 9.36 Å². The molecule has 8 nitrogen and oxygen atoms in total. The molecule has 0 bridgehead atoms. The molecule has 3 aromatic rings. The van der Waals surface area contributed by atoms with Gasteiger partial charge in [0.05, 0.1) is 10.6 Å². The van der Waals surface area contributed by atoms with E-state index in [-0.39, 0.29) is 23.2 Å². The molecule has 0 unspecified atom stereocenters. The predicted molar refractivity (Wildman–Crippen MR) is 102 cm³/mol.